The first-order valence-corrected chi connectivity index (χ1v) is 15.1. The Morgan fingerprint density at radius 3 is 1.82 bits per heavy atom. The van der Waals surface area contributed by atoms with Crippen LogP contribution in [0.25, 0.3) is 0 Å². The van der Waals surface area contributed by atoms with Gasteiger partial charge in [0.05, 0.1) is 45.5 Å². The van der Waals surface area contributed by atoms with Gasteiger partial charge in [-0.2, -0.15) is 5.26 Å². The lowest BCUT2D eigenvalue weighted by molar-refractivity contribution is -0.103. The van der Waals surface area contributed by atoms with Crippen LogP contribution in [0, 0.1) is 11.3 Å². The molecule has 0 saturated heterocycles. The van der Waals surface area contributed by atoms with Crippen LogP contribution >= 0.6 is 8.53 Å². The summed E-state index contributed by atoms with van der Waals surface area (Å²) >= 11 is 0. The molecule has 3 aromatic carbocycles. The highest BCUT2D eigenvalue weighted by Gasteiger charge is 2.42. The van der Waals surface area contributed by atoms with E-state index in [1.165, 1.54) is 0 Å². The van der Waals surface area contributed by atoms with Crippen molar-refractivity contribution in [2.45, 2.75) is 62.8 Å². The summed E-state index contributed by atoms with van der Waals surface area (Å²) in [5, 5.41) is 8.89. The van der Waals surface area contributed by atoms with Crippen LogP contribution in [0.15, 0.2) is 78.9 Å². The number of ether oxygens (including phenoxy) is 3. The number of nitrogens with two attached hydrogens (primary N) is 1. The van der Waals surface area contributed by atoms with E-state index in [1.54, 1.807) is 14.2 Å². The number of rotatable bonds is 12. The predicted octanol–water partition coefficient (Wildman–Crippen LogP) is 7.24. The van der Waals surface area contributed by atoms with Gasteiger partial charge in [0.2, 0.25) is 0 Å². The molecule has 1 unspecified atom stereocenters. The van der Waals surface area contributed by atoms with Crippen LogP contribution < -0.4 is 15.0 Å². The van der Waals surface area contributed by atoms with Crippen molar-refractivity contribution >= 4 is 8.53 Å². The average molecular weight is 563 g/mol. The lowest BCUT2D eigenvalue weighted by Crippen LogP contribution is -2.42. The van der Waals surface area contributed by atoms with Gasteiger partial charge >= 0.3 is 0 Å². The van der Waals surface area contributed by atoms with E-state index in [2.05, 4.69) is 42.5 Å². The SMILES string of the molecule is COc1ccc(C(O[C@H]2CCCCCC[C@H]2OP(N)OCCC#N)(c2ccccc2)c2ccc(OC)cc2)cc1. The molecule has 4 rings (SSSR count). The van der Waals surface area contributed by atoms with Gasteiger partial charge in [0, 0.05) is 0 Å². The summed E-state index contributed by atoms with van der Waals surface area (Å²) in [4.78, 5) is 0. The van der Waals surface area contributed by atoms with Crippen molar-refractivity contribution < 1.29 is 23.3 Å². The van der Waals surface area contributed by atoms with Crippen LogP contribution in [0.3, 0.4) is 0 Å². The van der Waals surface area contributed by atoms with Crippen molar-refractivity contribution in [3.8, 4) is 17.6 Å². The normalized spacial score (nSPS) is 18.6. The molecule has 1 saturated carbocycles. The molecule has 0 bridgehead atoms. The fourth-order valence-corrected chi connectivity index (χ4v) is 6.11. The second kappa shape index (κ2) is 15.1. The minimum atomic E-state index is -1.64. The maximum absolute atomic E-state index is 8.89. The zero-order valence-corrected chi connectivity index (χ0v) is 24.2. The molecule has 1 aliphatic rings. The molecular formula is C32H39N2O5P. The molecule has 0 radical (unpaired) electrons. The lowest BCUT2D eigenvalue weighted by Gasteiger charge is -2.42. The molecule has 7 nitrogen and oxygen atoms in total. The minimum absolute atomic E-state index is 0.252. The summed E-state index contributed by atoms with van der Waals surface area (Å²) in [5.74, 6) is 1.55. The Balaban J connectivity index is 1.81. The Hall–Kier alpha value is -2.98. The average Bonchev–Trinajstić information content (AvgIpc) is 2.99. The van der Waals surface area contributed by atoms with Crippen LogP contribution in [0.5, 0.6) is 11.5 Å². The first kappa shape index (κ1) is 30.0. The zero-order valence-electron chi connectivity index (χ0n) is 23.3. The third kappa shape index (κ3) is 7.40. The van der Waals surface area contributed by atoms with Gasteiger partial charge in [0.15, 0.2) is 0 Å². The lowest BCUT2D eigenvalue weighted by atomic mass is 9.79. The molecule has 2 N–H and O–H groups in total. The predicted molar refractivity (Wildman–Crippen MR) is 157 cm³/mol. The van der Waals surface area contributed by atoms with E-state index in [0.717, 1.165) is 66.7 Å². The van der Waals surface area contributed by atoms with Crippen molar-refractivity contribution in [2.24, 2.45) is 5.50 Å². The molecule has 3 aromatic rings. The molecule has 0 spiro atoms. The Kier molecular flexibility index (Phi) is 11.3. The van der Waals surface area contributed by atoms with Crippen LogP contribution in [0.4, 0.5) is 0 Å². The fraction of sp³-hybridized carbons (Fsp3) is 0.406. The standard InChI is InChI=1S/C32H39N2O5P/c1-35-28-19-15-26(16-20-28)32(25-11-6-5-7-12-25,27-17-21-29(36-2)22-18-27)38-30-13-8-3-4-9-14-31(30)39-40(34)37-24-10-23-33/h5-7,11-12,15-22,30-31H,3-4,8-10,13-14,24,34H2,1-2H3/t30-,31+,40?/m0/s1. The number of hydrogen-bond donors (Lipinski definition) is 1. The Morgan fingerprint density at radius 2 is 1.30 bits per heavy atom. The maximum Gasteiger partial charge on any atom is 0.253 e. The van der Waals surface area contributed by atoms with Crippen LogP contribution in [-0.2, 0) is 19.4 Å². The number of methoxy groups -OCH3 is 2. The second-order valence-electron chi connectivity index (χ2n) is 9.82. The third-order valence-corrected chi connectivity index (χ3v) is 8.23. The largest absolute Gasteiger partial charge is 0.497 e. The smallest absolute Gasteiger partial charge is 0.253 e. The highest BCUT2D eigenvalue weighted by molar-refractivity contribution is 7.44. The summed E-state index contributed by atoms with van der Waals surface area (Å²) in [5.41, 5.74) is 8.31. The molecule has 212 valence electrons. The van der Waals surface area contributed by atoms with Gasteiger partial charge in [-0.15, -0.1) is 0 Å². The molecule has 0 amide bonds. The van der Waals surface area contributed by atoms with E-state index in [0.29, 0.717) is 0 Å². The highest BCUT2D eigenvalue weighted by Crippen LogP contribution is 2.45. The molecule has 0 aliphatic heterocycles. The number of benzene rings is 3. The van der Waals surface area contributed by atoms with Gasteiger partial charge in [0.25, 0.3) is 8.53 Å². The van der Waals surface area contributed by atoms with Crippen LogP contribution in [0.1, 0.15) is 61.6 Å². The summed E-state index contributed by atoms with van der Waals surface area (Å²) in [6, 6.07) is 28.5. The molecular weight excluding hydrogens is 523 g/mol. The van der Waals surface area contributed by atoms with Gasteiger partial charge in [0.1, 0.15) is 17.1 Å². The Labute approximate surface area is 239 Å². The molecule has 1 aliphatic carbocycles. The molecule has 0 heterocycles. The first-order chi connectivity index (χ1) is 19.6. The highest BCUT2D eigenvalue weighted by atomic mass is 31.2. The van der Waals surface area contributed by atoms with E-state index >= 15 is 0 Å². The fourth-order valence-electron chi connectivity index (χ4n) is 5.27. The minimum Gasteiger partial charge on any atom is -0.497 e. The number of nitriles is 1. The number of nitrogens with zero attached hydrogens (tertiary/aromatic N) is 1. The van der Waals surface area contributed by atoms with Crippen molar-refractivity contribution in [3.05, 3.63) is 95.6 Å². The molecule has 0 aromatic heterocycles. The van der Waals surface area contributed by atoms with Crippen LogP contribution in [-0.4, -0.2) is 33.0 Å². The van der Waals surface area contributed by atoms with Gasteiger partial charge in [-0.05, 0) is 53.8 Å². The van der Waals surface area contributed by atoms with Gasteiger partial charge in [-0.1, -0.05) is 80.3 Å². The van der Waals surface area contributed by atoms with Crippen molar-refractivity contribution in [3.63, 3.8) is 0 Å². The van der Waals surface area contributed by atoms with Crippen LogP contribution in [0.2, 0.25) is 0 Å². The topological polar surface area (TPSA) is 96.0 Å². The molecule has 40 heavy (non-hydrogen) atoms. The molecule has 8 heteroatoms. The van der Waals surface area contributed by atoms with E-state index in [-0.39, 0.29) is 25.2 Å². The van der Waals surface area contributed by atoms with Gasteiger partial charge in [-0.25, -0.2) is 0 Å². The van der Waals surface area contributed by atoms with Gasteiger partial charge < -0.3 is 23.3 Å². The zero-order chi connectivity index (χ0) is 28.2. The van der Waals surface area contributed by atoms with E-state index < -0.39 is 14.1 Å². The first-order valence-electron chi connectivity index (χ1n) is 13.8. The molecule has 1 fully saturated rings. The number of hydrogen-bond acceptors (Lipinski definition) is 7. The summed E-state index contributed by atoms with van der Waals surface area (Å²) < 4.78 is 30.4. The maximum atomic E-state index is 8.89. The van der Waals surface area contributed by atoms with Crippen molar-refractivity contribution in [1.29, 1.82) is 5.26 Å². The quantitative estimate of drug-likeness (QED) is 0.141. The van der Waals surface area contributed by atoms with Crippen molar-refractivity contribution in [2.75, 3.05) is 20.8 Å². The summed E-state index contributed by atoms with van der Waals surface area (Å²) in [6.45, 7) is 0.253. The van der Waals surface area contributed by atoms with Crippen molar-refractivity contribution in [1.82, 2.24) is 0 Å². The molecule has 3 atom stereocenters. The summed E-state index contributed by atoms with van der Waals surface area (Å²) in [7, 11) is 1.69. The van der Waals surface area contributed by atoms with E-state index in [4.69, 9.17) is 34.0 Å². The summed E-state index contributed by atoms with van der Waals surface area (Å²) in [6.07, 6.45) is 5.75. The monoisotopic (exact) mass is 562 g/mol. The van der Waals surface area contributed by atoms with E-state index in [1.807, 2.05) is 42.5 Å². The van der Waals surface area contributed by atoms with E-state index in [9.17, 15) is 0 Å². The second-order valence-corrected chi connectivity index (χ2v) is 10.9. The Morgan fingerprint density at radius 1 is 0.775 bits per heavy atom. The Bertz CT molecular complexity index is 1150. The van der Waals surface area contributed by atoms with Gasteiger partial charge in [-0.3, -0.25) is 5.50 Å². The third-order valence-electron chi connectivity index (χ3n) is 7.32.